The summed E-state index contributed by atoms with van der Waals surface area (Å²) in [5, 5.41) is 4.11. The SMILES string of the molecule is C/C(=N\OCC(=O)N1CCCCc2ccccc21)c1ccc2c(c1)OCO2. The second-order valence-electron chi connectivity index (χ2n) is 6.65. The van der Waals surface area contributed by atoms with Crippen molar-refractivity contribution in [1.82, 2.24) is 0 Å². The number of carbonyl (C=O) groups excluding carboxylic acids is 1. The third-order valence-electron chi connectivity index (χ3n) is 4.84. The fourth-order valence-corrected chi connectivity index (χ4v) is 3.39. The predicted octanol–water partition coefficient (Wildman–Crippen LogP) is 3.53. The first kappa shape index (κ1) is 17.4. The van der Waals surface area contributed by atoms with Gasteiger partial charge in [-0.2, -0.15) is 0 Å². The van der Waals surface area contributed by atoms with Crippen molar-refractivity contribution in [2.24, 2.45) is 5.16 Å². The Morgan fingerprint density at radius 2 is 2.00 bits per heavy atom. The van der Waals surface area contributed by atoms with E-state index >= 15 is 0 Å². The molecule has 140 valence electrons. The molecule has 2 aliphatic heterocycles. The zero-order chi connectivity index (χ0) is 18.6. The van der Waals surface area contributed by atoms with Crippen molar-refractivity contribution < 1.29 is 19.1 Å². The van der Waals surface area contributed by atoms with Crippen LogP contribution < -0.4 is 14.4 Å². The zero-order valence-electron chi connectivity index (χ0n) is 15.3. The molecule has 0 aliphatic carbocycles. The van der Waals surface area contributed by atoms with Gasteiger partial charge in [0.05, 0.1) is 5.71 Å². The maximum absolute atomic E-state index is 12.7. The number of para-hydroxylation sites is 1. The first-order chi connectivity index (χ1) is 13.2. The molecule has 0 aromatic heterocycles. The number of fused-ring (bicyclic) bond motifs is 2. The molecule has 0 unspecified atom stereocenters. The molecule has 0 fully saturated rings. The first-order valence-electron chi connectivity index (χ1n) is 9.17. The van der Waals surface area contributed by atoms with Gasteiger partial charge in [-0.25, -0.2) is 0 Å². The number of benzene rings is 2. The lowest BCUT2D eigenvalue weighted by Crippen LogP contribution is -2.34. The Morgan fingerprint density at radius 1 is 1.15 bits per heavy atom. The Kier molecular flexibility index (Phi) is 4.96. The van der Waals surface area contributed by atoms with Gasteiger partial charge in [0, 0.05) is 17.8 Å². The summed E-state index contributed by atoms with van der Waals surface area (Å²) in [5.74, 6) is 1.34. The molecule has 2 heterocycles. The molecule has 2 aromatic rings. The standard InChI is InChI=1S/C21H22N2O4/c1-15(17-9-10-19-20(12-17)26-14-25-19)22-27-13-21(24)23-11-5-4-7-16-6-2-3-8-18(16)23/h2-3,6,8-10,12H,4-5,7,11,13-14H2,1H3/b22-15+. The third-order valence-corrected chi connectivity index (χ3v) is 4.84. The highest BCUT2D eigenvalue weighted by atomic mass is 16.7. The maximum Gasteiger partial charge on any atom is 0.267 e. The summed E-state index contributed by atoms with van der Waals surface area (Å²) in [6.07, 6.45) is 3.07. The Labute approximate surface area is 158 Å². The smallest absolute Gasteiger partial charge is 0.267 e. The number of hydrogen-bond donors (Lipinski definition) is 0. The molecule has 0 saturated heterocycles. The van der Waals surface area contributed by atoms with E-state index in [2.05, 4.69) is 11.2 Å². The molecule has 2 aliphatic rings. The number of amides is 1. The highest BCUT2D eigenvalue weighted by Crippen LogP contribution is 2.32. The minimum Gasteiger partial charge on any atom is -0.454 e. The number of oxime groups is 1. The van der Waals surface area contributed by atoms with Crippen molar-refractivity contribution in [2.45, 2.75) is 26.2 Å². The van der Waals surface area contributed by atoms with Gasteiger partial charge < -0.3 is 19.2 Å². The van der Waals surface area contributed by atoms with E-state index in [1.807, 2.05) is 48.2 Å². The van der Waals surface area contributed by atoms with E-state index in [0.717, 1.165) is 36.3 Å². The molecule has 6 nitrogen and oxygen atoms in total. The van der Waals surface area contributed by atoms with Crippen molar-refractivity contribution >= 4 is 17.3 Å². The van der Waals surface area contributed by atoms with Crippen LogP contribution in [0.5, 0.6) is 11.5 Å². The van der Waals surface area contributed by atoms with Crippen molar-refractivity contribution in [3.05, 3.63) is 53.6 Å². The highest BCUT2D eigenvalue weighted by molar-refractivity contribution is 5.99. The molecule has 1 amide bonds. The van der Waals surface area contributed by atoms with Gasteiger partial charge in [0.2, 0.25) is 6.79 Å². The fourth-order valence-electron chi connectivity index (χ4n) is 3.39. The molecule has 0 N–H and O–H groups in total. The number of hydrogen-bond acceptors (Lipinski definition) is 5. The molecule has 0 atom stereocenters. The summed E-state index contributed by atoms with van der Waals surface area (Å²) in [6, 6.07) is 13.7. The van der Waals surface area contributed by atoms with Gasteiger partial charge in [0.1, 0.15) is 0 Å². The number of nitrogens with zero attached hydrogens (tertiary/aromatic N) is 2. The van der Waals surface area contributed by atoms with Crippen molar-refractivity contribution in [1.29, 1.82) is 0 Å². The van der Waals surface area contributed by atoms with Crippen LogP contribution in [0.4, 0.5) is 5.69 Å². The van der Waals surface area contributed by atoms with Crippen LogP contribution in [0.3, 0.4) is 0 Å². The minimum absolute atomic E-state index is 0.0772. The lowest BCUT2D eigenvalue weighted by atomic mass is 10.1. The van der Waals surface area contributed by atoms with Gasteiger partial charge in [-0.05, 0) is 56.0 Å². The molecule has 0 radical (unpaired) electrons. The normalized spacial score (nSPS) is 15.9. The molecule has 2 aromatic carbocycles. The molecule has 6 heteroatoms. The summed E-state index contributed by atoms with van der Waals surface area (Å²) in [7, 11) is 0. The average Bonchev–Trinajstić information content (AvgIpc) is 3.05. The predicted molar refractivity (Wildman–Crippen MR) is 102 cm³/mol. The summed E-state index contributed by atoms with van der Waals surface area (Å²) >= 11 is 0. The van der Waals surface area contributed by atoms with E-state index < -0.39 is 0 Å². The van der Waals surface area contributed by atoms with E-state index in [1.165, 1.54) is 5.56 Å². The summed E-state index contributed by atoms with van der Waals surface area (Å²) < 4.78 is 10.7. The molecule has 27 heavy (non-hydrogen) atoms. The number of ether oxygens (including phenoxy) is 2. The lowest BCUT2D eigenvalue weighted by Gasteiger charge is -2.22. The lowest BCUT2D eigenvalue weighted by molar-refractivity contribution is -0.123. The van der Waals surface area contributed by atoms with Crippen LogP contribution in [0, 0.1) is 0 Å². The molecular weight excluding hydrogens is 344 g/mol. The third kappa shape index (κ3) is 3.74. The fraction of sp³-hybridized carbons (Fsp3) is 0.333. The van der Waals surface area contributed by atoms with Crippen LogP contribution in [0.15, 0.2) is 47.6 Å². The Hall–Kier alpha value is -3.02. The second kappa shape index (κ2) is 7.70. The Balaban J connectivity index is 1.41. The molecule has 0 saturated carbocycles. The Morgan fingerprint density at radius 3 is 2.93 bits per heavy atom. The highest BCUT2D eigenvalue weighted by Gasteiger charge is 2.21. The summed E-state index contributed by atoms with van der Waals surface area (Å²) in [6.45, 7) is 2.70. The van der Waals surface area contributed by atoms with Crippen LogP contribution in [-0.4, -0.2) is 31.6 Å². The van der Waals surface area contributed by atoms with Crippen LogP contribution >= 0.6 is 0 Å². The van der Waals surface area contributed by atoms with Crippen LogP contribution in [0.2, 0.25) is 0 Å². The average molecular weight is 366 g/mol. The zero-order valence-corrected chi connectivity index (χ0v) is 15.3. The first-order valence-corrected chi connectivity index (χ1v) is 9.17. The van der Waals surface area contributed by atoms with Gasteiger partial charge in [-0.1, -0.05) is 23.4 Å². The Bertz CT molecular complexity index is 878. The summed E-state index contributed by atoms with van der Waals surface area (Å²) in [4.78, 5) is 19.9. The van der Waals surface area contributed by atoms with Gasteiger partial charge in [0.15, 0.2) is 18.1 Å². The topological polar surface area (TPSA) is 60.4 Å². The quantitative estimate of drug-likeness (QED) is 0.614. The van der Waals surface area contributed by atoms with Gasteiger partial charge in [0.25, 0.3) is 5.91 Å². The molecule has 0 spiro atoms. The largest absolute Gasteiger partial charge is 0.454 e. The minimum atomic E-state index is -0.0871. The van der Waals surface area contributed by atoms with Gasteiger partial charge in [-0.15, -0.1) is 0 Å². The van der Waals surface area contributed by atoms with E-state index in [-0.39, 0.29) is 19.3 Å². The van der Waals surface area contributed by atoms with E-state index in [9.17, 15) is 4.79 Å². The van der Waals surface area contributed by atoms with Crippen molar-refractivity contribution in [3.63, 3.8) is 0 Å². The van der Waals surface area contributed by atoms with E-state index in [1.54, 1.807) is 0 Å². The maximum atomic E-state index is 12.7. The summed E-state index contributed by atoms with van der Waals surface area (Å²) in [5.41, 5.74) is 3.74. The van der Waals surface area contributed by atoms with Crippen LogP contribution in [0.25, 0.3) is 0 Å². The van der Waals surface area contributed by atoms with E-state index in [0.29, 0.717) is 18.0 Å². The number of anilines is 1. The number of carbonyl (C=O) groups is 1. The van der Waals surface area contributed by atoms with E-state index in [4.69, 9.17) is 14.3 Å². The molecule has 4 rings (SSSR count). The molecular formula is C21H22N2O4. The number of aryl methyl sites for hydroxylation is 1. The number of rotatable bonds is 4. The molecule has 0 bridgehead atoms. The van der Waals surface area contributed by atoms with Crippen LogP contribution in [0.1, 0.15) is 30.9 Å². The van der Waals surface area contributed by atoms with Crippen molar-refractivity contribution in [3.8, 4) is 11.5 Å². The van der Waals surface area contributed by atoms with Gasteiger partial charge >= 0.3 is 0 Å². The monoisotopic (exact) mass is 366 g/mol. The van der Waals surface area contributed by atoms with Gasteiger partial charge in [-0.3, -0.25) is 4.79 Å². The van der Waals surface area contributed by atoms with Crippen molar-refractivity contribution in [2.75, 3.05) is 24.8 Å². The van der Waals surface area contributed by atoms with Crippen LogP contribution in [-0.2, 0) is 16.1 Å². The second-order valence-corrected chi connectivity index (χ2v) is 6.65.